The second kappa shape index (κ2) is 8.76. The first kappa shape index (κ1) is 19.0. The molecule has 4 heteroatoms. The van der Waals surface area contributed by atoms with Crippen LogP contribution in [0, 0.1) is 6.92 Å². The van der Waals surface area contributed by atoms with Gasteiger partial charge in [0.15, 0.2) is 0 Å². The third kappa shape index (κ3) is 4.51. The summed E-state index contributed by atoms with van der Waals surface area (Å²) >= 11 is 0. The highest BCUT2D eigenvalue weighted by Gasteiger charge is 2.21. The van der Waals surface area contributed by atoms with Crippen LogP contribution in [0.4, 0.5) is 4.39 Å². The Hall–Kier alpha value is -2.75. The molecule has 1 heterocycles. The first-order valence-electron chi connectivity index (χ1n) is 9.29. The van der Waals surface area contributed by atoms with Gasteiger partial charge in [-0.05, 0) is 67.0 Å². The minimum atomic E-state index is -0.930. The van der Waals surface area contributed by atoms with Crippen molar-refractivity contribution in [3.63, 3.8) is 0 Å². The molecular weight excluding hydrogens is 341 g/mol. The van der Waals surface area contributed by atoms with Gasteiger partial charge in [-0.3, -0.25) is 4.99 Å². The predicted octanol–water partition coefficient (Wildman–Crippen LogP) is 5.63. The van der Waals surface area contributed by atoms with Crippen LogP contribution >= 0.6 is 0 Å². The van der Waals surface area contributed by atoms with E-state index in [2.05, 4.69) is 11.1 Å². The van der Waals surface area contributed by atoms with Crippen molar-refractivity contribution >= 4 is 12.2 Å². The normalized spacial score (nSPS) is 15.1. The van der Waals surface area contributed by atoms with Crippen LogP contribution in [0.3, 0.4) is 0 Å². The lowest BCUT2D eigenvalue weighted by molar-refractivity contribution is 0.0697. The van der Waals surface area contributed by atoms with Crippen molar-refractivity contribution in [1.82, 2.24) is 0 Å². The van der Waals surface area contributed by atoms with E-state index in [4.69, 9.17) is 5.11 Å². The maximum absolute atomic E-state index is 13.4. The van der Waals surface area contributed by atoms with Crippen LogP contribution in [0.1, 0.15) is 57.8 Å². The number of nitrogens with zero attached hydrogens (tertiary/aromatic N) is 1. The Morgan fingerprint density at radius 3 is 2.67 bits per heavy atom. The first-order valence-corrected chi connectivity index (χ1v) is 9.29. The minimum absolute atomic E-state index is 0.0153. The number of aliphatic imine (C=N–C) groups is 1. The fourth-order valence-electron chi connectivity index (χ4n) is 3.53. The first-order chi connectivity index (χ1) is 13.1. The van der Waals surface area contributed by atoms with Gasteiger partial charge in [0, 0.05) is 17.8 Å². The Bertz CT molecular complexity index is 868. The Labute approximate surface area is 159 Å². The van der Waals surface area contributed by atoms with Gasteiger partial charge in [-0.15, -0.1) is 0 Å². The van der Waals surface area contributed by atoms with Crippen molar-refractivity contribution in [2.75, 3.05) is 0 Å². The number of rotatable bonds is 6. The number of aromatic carboxylic acids is 1. The topological polar surface area (TPSA) is 49.7 Å². The lowest BCUT2D eigenvalue weighted by Crippen LogP contribution is -2.09. The zero-order valence-corrected chi connectivity index (χ0v) is 15.5. The van der Waals surface area contributed by atoms with E-state index in [1.165, 1.54) is 0 Å². The Balaban J connectivity index is 2.00. The average molecular weight is 365 g/mol. The molecule has 1 atom stereocenters. The molecule has 1 unspecified atom stereocenters. The largest absolute Gasteiger partial charge is 0.478 e. The van der Waals surface area contributed by atoms with Gasteiger partial charge in [0.1, 0.15) is 6.67 Å². The van der Waals surface area contributed by atoms with E-state index < -0.39 is 12.6 Å². The lowest BCUT2D eigenvalue weighted by atomic mass is 9.85. The molecule has 0 fully saturated rings. The number of hydrogen-bond acceptors (Lipinski definition) is 2. The van der Waals surface area contributed by atoms with Crippen LogP contribution in [-0.2, 0) is 13.1 Å². The van der Waals surface area contributed by atoms with Crippen molar-refractivity contribution in [1.29, 1.82) is 0 Å². The molecule has 1 aliphatic heterocycles. The molecule has 3 rings (SSSR count). The van der Waals surface area contributed by atoms with Crippen molar-refractivity contribution < 1.29 is 14.3 Å². The number of allylic oxidation sites excluding steroid dienone is 2. The molecule has 2 aromatic rings. The predicted molar refractivity (Wildman–Crippen MR) is 106 cm³/mol. The minimum Gasteiger partial charge on any atom is -0.478 e. The summed E-state index contributed by atoms with van der Waals surface area (Å²) in [5, 5.41) is 9.10. The maximum Gasteiger partial charge on any atom is 0.335 e. The molecule has 0 amide bonds. The van der Waals surface area contributed by atoms with Gasteiger partial charge in [0.05, 0.1) is 5.56 Å². The van der Waals surface area contributed by atoms with Gasteiger partial charge < -0.3 is 5.11 Å². The zero-order valence-electron chi connectivity index (χ0n) is 15.5. The second-order valence-corrected chi connectivity index (χ2v) is 6.90. The molecule has 3 nitrogen and oxygen atoms in total. The highest BCUT2D eigenvalue weighted by Crippen LogP contribution is 2.34. The molecular formula is C23H24FNO2. The number of halogens is 1. The molecule has 27 heavy (non-hydrogen) atoms. The monoisotopic (exact) mass is 365 g/mol. The SMILES string of the molecule is Cc1c(CF)cccc1C(Cc1ccc(C(=O)O)cc1)C1=CCCCC=N1. The summed E-state index contributed by atoms with van der Waals surface area (Å²) in [7, 11) is 0. The molecule has 0 aromatic heterocycles. The molecule has 0 saturated heterocycles. The lowest BCUT2D eigenvalue weighted by Gasteiger charge is -2.22. The fraction of sp³-hybridized carbons (Fsp3) is 0.304. The average Bonchev–Trinajstić information content (AvgIpc) is 2.96. The quantitative estimate of drug-likeness (QED) is 0.721. The van der Waals surface area contributed by atoms with Gasteiger partial charge >= 0.3 is 5.97 Å². The van der Waals surface area contributed by atoms with E-state index in [1.807, 2.05) is 43.5 Å². The maximum atomic E-state index is 13.4. The van der Waals surface area contributed by atoms with Gasteiger partial charge in [0.25, 0.3) is 0 Å². The summed E-state index contributed by atoms with van der Waals surface area (Å²) in [4.78, 5) is 15.8. The highest BCUT2D eigenvalue weighted by molar-refractivity contribution is 5.87. The second-order valence-electron chi connectivity index (χ2n) is 6.90. The van der Waals surface area contributed by atoms with Crippen LogP contribution in [0.15, 0.2) is 59.2 Å². The number of carboxylic acids is 1. The van der Waals surface area contributed by atoms with E-state index in [0.717, 1.165) is 41.6 Å². The molecule has 0 bridgehead atoms. The fourth-order valence-corrected chi connectivity index (χ4v) is 3.53. The molecule has 0 spiro atoms. The van der Waals surface area contributed by atoms with Gasteiger partial charge in [-0.25, -0.2) is 9.18 Å². The highest BCUT2D eigenvalue weighted by atomic mass is 19.1. The van der Waals surface area contributed by atoms with E-state index in [9.17, 15) is 9.18 Å². The van der Waals surface area contributed by atoms with Crippen molar-refractivity contribution in [3.8, 4) is 0 Å². The van der Waals surface area contributed by atoms with E-state index >= 15 is 0 Å². The Morgan fingerprint density at radius 2 is 1.96 bits per heavy atom. The van der Waals surface area contributed by atoms with Gasteiger partial charge in [-0.1, -0.05) is 36.4 Å². The molecule has 140 valence electrons. The standard InChI is InChI=1S/C23H24FNO2/c1-16-19(15-24)6-5-7-20(16)21(22-8-3-2-4-13-25-22)14-17-9-11-18(12-10-17)23(26)27/h5-13,21H,2-4,14-15H2,1H3,(H,26,27). The summed E-state index contributed by atoms with van der Waals surface area (Å²) in [6, 6.07) is 12.7. The number of alkyl halides is 1. The summed E-state index contributed by atoms with van der Waals surface area (Å²) in [6.45, 7) is 1.48. The molecule has 0 saturated carbocycles. The van der Waals surface area contributed by atoms with E-state index in [-0.39, 0.29) is 11.5 Å². The number of carboxylic acid groups (broad SMARTS) is 1. The molecule has 0 radical (unpaired) electrons. The number of hydrogen-bond donors (Lipinski definition) is 1. The van der Waals surface area contributed by atoms with Crippen LogP contribution in [-0.4, -0.2) is 17.3 Å². The summed E-state index contributed by atoms with van der Waals surface area (Å²) in [5.41, 5.74) is 5.07. The van der Waals surface area contributed by atoms with E-state index in [0.29, 0.717) is 12.0 Å². The zero-order chi connectivity index (χ0) is 19.2. The van der Waals surface area contributed by atoms with Crippen LogP contribution < -0.4 is 0 Å². The third-order valence-corrected chi connectivity index (χ3v) is 5.14. The van der Waals surface area contributed by atoms with Crippen LogP contribution in [0.25, 0.3) is 0 Å². The molecule has 2 aromatic carbocycles. The smallest absolute Gasteiger partial charge is 0.335 e. The summed E-state index contributed by atoms with van der Waals surface area (Å²) in [5.74, 6) is -0.915. The van der Waals surface area contributed by atoms with Crippen molar-refractivity contribution in [2.24, 2.45) is 4.99 Å². The number of benzene rings is 2. The summed E-state index contributed by atoms with van der Waals surface area (Å²) in [6.07, 6.45) is 7.86. The van der Waals surface area contributed by atoms with Gasteiger partial charge in [-0.2, -0.15) is 0 Å². The molecule has 1 aliphatic rings. The molecule has 0 aliphatic carbocycles. The third-order valence-electron chi connectivity index (χ3n) is 5.14. The number of carbonyl (C=O) groups is 1. The van der Waals surface area contributed by atoms with Crippen molar-refractivity contribution in [2.45, 2.75) is 45.2 Å². The van der Waals surface area contributed by atoms with Gasteiger partial charge in [0.2, 0.25) is 0 Å². The summed E-state index contributed by atoms with van der Waals surface area (Å²) < 4.78 is 13.4. The molecule has 1 N–H and O–H groups in total. The van der Waals surface area contributed by atoms with Crippen molar-refractivity contribution in [3.05, 3.63) is 82.1 Å². The van der Waals surface area contributed by atoms with Crippen LogP contribution in [0.5, 0.6) is 0 Å². The Kier molecular flexibility index (Phi) is 6.17. The van der Waals surface area contributed by atoms with Crippen LogP contribution in [0.2, 0.25) is 0 Å². The van der Waals surface area contributed by atoms with E-state index in [1.54, 1.807) is 12.1 Å². The Morgan fingerprint density at radius 1 is 1.19 bits per heavy atom.